The Bertz CT molecular complexity index is 2850. The number of unbranched alkanes of at least 4 members (excludes halogenated alkanes) is 6. The van der Waals surface area contributed by atoms with E-state index in [2.05, 4.69) is 41.1 Å². The second-order valence-electron chi connectivity index (χ2n) is 22.1. The van der Waals surface area contributed by atoms with Gasteiger partial charge in [-0.15, -0.1) is 0 Å². The number of nitrogens with two attached hydrogens (primary N) is 1. The third-order valence-electron chi connectivity index (χ3n) is 15.3. The minimum absolute atomic E-state index is 0.135. The van der Waals surface area contributed by atoms with E-state index >= 15 is 0 Å². The highest BCUT2D eigenvalue weighted by Gasteiger charge is 2.21. The van der Waals surface area contributed by atoms with Crippen LogP contribution in [-0.2, 0) is 42.7 Å². The van der Waals surface area contributed by atoms with Gasteiger partial charge in [0.1, 0.15) is 18.1 Å². The first kappa shape index (κ1) is 62.3. The van der Waals surface area contributed by atoms with Gasteiger partial charge in [-0.05, 0) is 132 Å². The van der Waals surface area contributed by atoms with E-state index in [-0.39, 0.29) is 31.4 Å². The van der Waals surface area contributed by atoms with Gasteiger partial charge in [-0.2, -0.15) is 19.9 Å². The summed E-state index contributed by atoms with van der Waals surface area (Å²) in [4.78, 5) is 55.0. The van der Waals surface area contributed by atoms with Crippen molar-refractivity contribution in [2.24, 2.45) is 20.0 Å². The van der Waals surface area contributed by atoms with E-state index in [1.165, 1.54) is 44.9 Å². The zero-order valence-electron chi connectivity index (χ0n) is 48.9. The Kier molecular flexibility index (Phi) is 25.6. The molecule has 0 spiro atoms. The number of carboxylic acid groups (broad SMARTS) is 1. The van der Waals surface area contributed by atoms with Crippen LogP contribution < -0.4 is 36.6 Å². The molecule has 2 aromatic carbocycles. The zero-order chi connectivity index (χ0) is 57.9. The van der Waals surface area contributed by atoms with Crippen LogP contribution in [0.3, 0.4) is 0 Å². The van der Waals surface area contributed by atoms with Gasteiger partial charge in [-0.25, -0.2) is 15.9 Å². The molecule has 4 aromatic heterocycles. The number of hydrogen-bond donors (Lipinski definition) is 6. The number of benzene rings is 2. The monoisotopic (exact) mass is 1150 g/mol. The number of ketones is 1. The number of rotatable bonds is 28. The van der Waals surface area contributed by atoms with E-state index in [9.17, 15) is 9.59 Å². The molecule has 4 aliphatic rings. The maximum Gasteiger partial charge on any atom is 0.303 e. The fraction of sp³-hybridized carbons (Fsp3) is 0.607. The van der Waals surface area contributed by atoms with Crippen LogP contribution in [0.15, 0.2) is 61.2 Å². The highest BCUT2D eigenvalue weighted by Crippen LogP contribution is 2.30. The molecule has 6 heterocycles. The molecule has 6 aromatic rings. The van der Waals surface area contributed by atoms with Crippen LogP contribution in [0.5, 0.6) is 11.5 Å². The lowest BCUT2D eigenvalue weighted by molar-refractivity contribution is -0.169. The molecule has 2 saturated heterocycles. The molecule has 10 rings (SSSR count). The molecular weight excluding hydrogens is 1060 g/mol. The average molecular weight is 1150 g/mol. The van der Waals surface area contributed by atoms with Crippen LogP contribution in [0.4, 0.5) is 34.9 Å². The topological polar surface area (TPSA) is 271 Å². The summed E-state index contributed by atoms with van der Waals surface area (Å²) in [6, 6.07) is 16.5. The Balaban J connectivity index is 0.000000193. The second-order valence-corrected chi connectivity index (χ2v) is 22.1. The van der Waals surface area contributed by atoms with E-state index in [4.69, 9.17) is 49.6 Å². The smallest absolute Gasteiger partial charge is 0.303 e. The number of aliphatic carboxylic acids is 1. The Morgan fingerprint density at radius 1 is 0.566 bits per heavy atom. The van der Waals surface area contributed by atoms with Crippen molar-refractivity contribution in [3.05, 3.63) is 61.2 Å². The molecule has 2 aliphatic carbocycles. The van der Waals surface area contributed by atoms with Crippen molar-refractivity contribution in [3.8, 4) is 11.5 Å². The largest absolute Gasteiger partial charge is 0.494 e. The van der Waals surface area contributed by atoms with Crippen molar-refractivity contribution < 1.29 is 43.2 Å². The predicted octanol–water partition coefficient (Wildman–Crippen LogP) is 12.0. The van der Waals surface area contributed by atoms with E-state index in [1.807, 2.05) is 71.8 Å². The third-order valence-corrected chi connectivity index (χ3v) is 15.3. The highest BCUT2D eigenvalue weighted by molar-refractivity contribution is 5.86. The summed E-state index contributed by atoms with van der Waals surface area (Å²) in [5.41, 5.74) is 4.96. The normalized spacial score (nSPS) is 17.6. The summed E-state index contributed by atoms with van der Waals surface area (Å²) in [6.07, 6.45) is 30.0. The number of carbonyl (C=O) groups excluding carboxylic acids is 1. The Hall–Kier alpha value is -6.72. The Labute approximate surface area is 488 Å². The summed E-state index contributed by atoms with van der Waals surface area (Å²) in [7, 11) is 3.89. The number of ether oxygens (including phenoxy) is 5. The van der Waals surface area contributed by atoms with Crippen LogP contribution in [0.2, 0.25) is 0 Å². The number of hydrogen-bond acceptors (Lipinski definition) is 19. The first-order chi connectivity index (χ1) is 40.6. The molecular formula is C61H89N13O9. The van der Waals surface area contributed by atoms with Crippen molar-refractivity contribution in [1.29, 1.82) is 0 Å². The number of anilines is 6. The van der Waals surface area contributed by atoms with Gasteiger partial charge in [0.2, 0.25) is 11.9 Å². The van der Waals surface area contributed by atoms with Crippen LogP contribution in [-0.4, -0.2) is 114 Å². The summed E-state index contributed by atoms with van der Waals surface area (Å²) in [5.74, 6) is 8.58. The molecule has 2 aliphatic heterocycles. The minimum atomic E-state index is -0.729. The molecule has 2 atom stereocenters. The van der Waals surface area contributed by atoms with E-state index < -0.39 is 5.97 Å². The summed E-state index contributed by atoms with van der Waals surface area (Å²) in [6.45, 7) is 2.97. The third kappa shape index (κ3) is 21.1. The zero-order valence-corrected chi connectivity index (χ0v) is 48.9. The number of carbonyl (C=O) groups is 2. The maximum absolute atomic E-state index is 12.0. The van der Waals surface area contributed by atoms with E-state index in [0.29, 0.717) is 43.6 Å². The molecule has 4 fully saturated rings. The number of fused-ring (bicyclic) bond motifs is 2. The molecule has 0 amide bonds. The SMILES string of the molecule is Cn1cnc2c(NC3CCCCC3)nc(Nc3ccc(OCCCCCCC(=O)COC4CCCCO4)cc3)nc21.Cn1cnc2c(NC3CCCCC3)nc(Nc3ccc(OCCCCCCC(=O)O)cc3)nc21.NOC1CCCCO1. The second kappa shape index (κ2) is 34.2. The minimum Gasteiger partial charge on any atom is -0.494 e. The number of nitrogens with one attached hydrogen (secondary N) is 4. The molecule has 22 nitrogen and oxygen atoms in total. The quantitative estimate of drug-likeness (QED) is 0.0197. The molecule has 7 N–H and O–H groups in total. The molecule has 22 heteroatoms. The summed E-state index contributed by atoms with van der Waals surface area (Å²) >= 11 is 0. The molecule has 0 bridgehead atoms. The summed E-state index contributed by atoms with van der Waals surface area (Å²) in [5, 5.41) is 22.5. The van der Waals surface area contributed by atoms with Crippen LogP contribution in [0.1, 0.15) is 167 Å². The van der Waals surface area contributed by atoms with Crippen LogP contribution >= 0.6 is 0 Å². The molecule has 83 heavy (non-hydrogen) atoms. The number of nitrogens with zero attached hydrogens (tertiary/aromatic N) is 8. The predicted molar refractivity (Wildman–Crippen MR) is 321 cm³/mol. The maximum atomic E-state index is 12.0. The fourth-order valence-electron chi connectivity index (χ4n) is 10.5. The van der Waals surface area contributed by atoms with Crippen molar-refractivity contribution in [1.82, 2.24) is 39.0 Å². The number of Topliss-reactive ketones (excluding diaryl/α,β-unsaturated/α-hetero) is 1. The molecule has 2 saturated carbocycles. The van der Waals surface area contributed by atoms with Gasteiger partial charge in [-0.1, -0.05) is 64.2 Å². The van der Waals surface area contributed by atoms with Crippen LogP contribution in [0.25, 0.3) is 22.3 Å². The average Bonchev–Trinajstić information content (AvgIpc) is 4.24. The number of imidazole rings is 2. The summed E-state index contributed by atoms with van der Waals surface area (Å²) < 4.78 is 31.7. The van der Waals surface area contributed by atoms with Gasteiger partial charge in [0.15, 0.2) is 52.3 Å². The molecule has 452 valence electrons. The van der Waals surface area contributed by atoms with Gasteiger partial charge >= 0.3 is 5.97 Å². The van der Waals surface area contributed by atoms with Gasteiger partial charge in [0.05, 0.1) is 25.9 Å². The van der Waals surface area contributed by atoms with Crippen LogP contribution in [0, 0.1) is 0 Å². The van der Waals surface area contributed by atoms with Crippen molar-refractivity contribution in [2.75, 3.05) is 54.3 Å². The van der Waals surface area contributed by atoms with Gasteiger partial charge < -0.3 is 59.2 Å². The fourth-order valence-corrected chi connectivity index (χ4v) is 10.5. The van der Waals surface area contributed by atoms with Crippen molar-refractivity contribution in [3.63, 3.8) is 0 Å². The lowest BCUT2D eigenvalue weighted by Gasteiger charge is -2.23. The Morgan fingerprint density at radius 2 is 1.01 bits per heavy atom. The molecule has 0 radical (unpaired) electrons. The number of aryl methyl sites for hydroxylation is 2. The lowest BCUT2D eigenvalue weighted by atomic mass is 9.95. The highest BCUT2D eigenvalue weighted by atomic mass is 16.7. The van der Waals surface area contributed by atoms with Crippen molar-refractivity contribution >= 4 is 69.0 Å². The van der Waals surface area contributed by atoms with E-state index in [1.54, 1.807) is 12.7 Å². The van der Waals surface area contributed by atoms with Gasteiger partial charge in [0.25, 0.3) is 0 Å². The van der Waals surface area contributed by atoms with Gasteiger partial charge in [0, 0.05) is 70.0 Å². The van der Waals surface area contributed by atoms with E-state index in [0.717, 1.165) is 179 Å². The standard InChI is InChI=1S/C31H44N6O4.C25H34N6O3.C5H11NO2/c1-37-22-32-28-29(33-23-11-5-4-6-12-23)35-31(36-30(28)37)34-24-15-17-26(18-16-24)39-19-9-3-2-7-13-25(38)21-41-27-14-8-10-20-40-27;1-31-17-26-22-23(27-18-9-5-4-6-10-18)29-25(30-24(22)31)28-19-12-14-20(15-13-19)34-16-8-3-2-7-11-21(32)33;6-8-5-3-1-2-4-7-5/h15-18,22-23,27H,2-14,19-21H2,1H3,(H2,33,34,35,36);12-15,17-18H,2-11,16H2,1H3,(H,32,33)(H2,27,28,29,30);5H,1-4,6H2. The first-order valence-corrected chi connectivity index (χ1v) is 30.5. The lowest BCUT2D eigenvalue weighted by Crippen LogP contribution is -2.25. The van der Waals surface area contributed by atoms with Gasteiger partial charge in [-0.3, -0.25) is 14.4 Å². The first-order valence-electron chi connectivity index (χ1n) is 30.5. The Morgan fingerprint density at radius 3 is 1.45 bits per heavy atom. The number of aromatic nitrogens is 8. The number of carboxylic acids is 1. The van der Waals surface area contributed by atoms with Crippen molar-refractivity contribution in [2.45, 2.75) is 192 Å². The molecule has 2 unspecified atom stereocenters.